The van der Waals surface area contributed by atoms with Crippen LogP contribution in [-0.4, -0.2) is 11.9 Å². The lowest BCUT2D eigenvalue weighted by Crippen LogP contribution is -2.44. The molecule has 0 heterocycles. The molecule has 3 N–H and O–H groups in total. The van der Waals surface area contributed by atoms with Crippen molar-refractivity contribution in [3.05, 3.63) is 63.9 Å². The van der Waals surface area contributed by atoms with Crippen LogP contribution in [-0.2, 0) is 0 Å². The first-order valence-corrected chi connectivity index (χ1v) is 6.80. The Bertz CT molecular complexity index is 725. The summed E-state index contributed by atoms with van der Waals surface area (Å²) in [6.45, 7) is 0. The van der Waals surface area contributed by atoms with Gasteiger partial charge in [0.25, 0.3) is 5.91 Å². The highest BCUT2D eigenvalue weighted by molar-refractivity contribution is 6.35. The van der Waals surface area contributed by atoms with E-state index in [0.29, 0.717) is 5.02 Å². The van der Waals surface area contributed by atoms with Gasteiger partial charge >= 0.3 is 6.03 Å². The lowest BCUT2D eigenvalue weighted by Gasteiger charge is -2.10. The second kappa shape index (κ2) is 7.11. The number of para-hydroxylation sites is 1. The Morgan fingerprint density at radius 3 is 2.45 bits per heavy atom. The fourth-order valence-corrected chi connectivity index (χ4v) is 1.94. The van der Waals surface area contributed by atoms with Crippen LogP contribution in [0.2, 0.25) is 10.0 Å². The SMILES string of the molecule is O=C(NNC(=O)c1cc(Cl)ccc1Cl)Nc1ccccc1F. The molecule has 0 aromatic heterocycles. The number of halogens is 3. The molecule has 0 saturated carbocycles. The van der Waals surface area contributed by atoms with Crippen LogP contribution in [0.5, 0.6) is 0 Å². The average molecular weight is 342 g/mol. The molecule has 2 aromatic rings. The van der Waals surface area contributed by atoms with Crippen LogP contribution >= 0.6 is 23.2 Å². The molecule has 0 aliphatic rings. The summed E-state index contributed by atoms with van der Waals surface area (Å²) in [5, 5.41) is 2.75. The summed E-state index contributed by atoms with van der Waals surface area (Å²) in [6.07, 6.45) is 0. The van der Waals surface area contributed by atoms with Gasteiger partial charge in [0, 0.05) is 5.02 Å². The molecule has 8 heteroatoms. The van der Waals surface area contributed by atoms with Gasteiger partial charge in [0.15, 0.2) is 0 Å². The minimum absolute atomic E-state index is 0.0185. The zero-order valence-corrected chi connectivity index (χ0v) is 12.5. The molecule has 5 nitrogen and oxygen atoms in total. The molecular weight excluding hydrogens is 332 g/mol. The number of rotatable bonds is 2. The van der Waals surface area contributed by atoms with Gasteiger partial charge in [-0.25, -0.2) is 14.6 Å². The Balaban J connectivity index is 1.95. The van der Waals surface area contributed by atoms with Gasteiger partial charge in [-0.2, -0.15) is 0 Å². The second-order valence-corrected chi connectivity index (χ2v) is 4.98. The van der Waals surface area contributed by atoms with E-state index in [1.165, 1.54) is 36.4 Å². The lowest BCUT2D eigenvalue weighted by atomic mass is 10.2. The van der Waals surface area contributed by atoms with Crippen LogP contribution in [0.25, 0.3) is 0 Å². The zero-order valence-electron chi connectivity index (χ0n) is 11.0. The van der Waals surface area contributed by atoms with Gasteiger partial charge in [-0.1, -0.05) is 35.3 Å². The van der Waals surface area contributed by atoms with E-state index in [1.807, 2.05) is 0 Å². The third kappa shape index (κ3) is 4.09. The number of hydrazine groups is 1. The Morgan fingerprint density at radius 2 is 1.73 bits per heavy atom. The van der Waals surface area contributed by atoms with Crippen LogP contribution < -0.4 is 16.2 Å². The first-order chi connectivity index (χ1) is 10.5. The molecule has 22 heavy (non-hydrogen) atoms. The smallest absolute Gasteiger partial charge is 0.304 e. The number of carbonyl (C=O) groups is 2. The summed E-state index contributed by atoms with van der Waals surface area (Å²) < 4.78 is 13.3. The Morgan fingerprint density at radius 1 is 1.00 bits per heavy atom. The first-order valence-electron chi connectivity index (χ1n) is 6.04. The fraction of sp³-hybridized carbons (Fsp3) is 0. The van der Waals surface area contributed by atoms with Crippen molar-refractivity contribution in [2.75, 3.05) is 5.32 Å². The normalized spacial score (nSPS) is 9.95. The van der Waals surface area contributed by atoms with Crippen molar-refractivity contribution in [1.82, 2.24) is 10.9 Å². The monoisotopic (exact) mass is 341 g/mol. The summed E-state index contributed by atoms with van der Waals surface area (Å²) in [5.74, 6) is -1.25. The van der Waals surface area contributed by atoms with Gasteiger partial charge < -0.3 is 5.32 Å². The summed E-state index contributed by atoms with van der Waals surface area (Å²) in [5.41, 5.74) is 4.30. The topological polar surface area (TPSA) is 70.2 Å². The minimum Gasteiger partial charge on any atom is -0.304 e. The van der Waals surface area contributed by atoms with E-state index in [9.17, 15) is 14.0 Å². The number of nitrogens with one attached hydrogen (secondary N) is 3. The third-order valence-electron chi connectivity index (χ3n) is 2.58. The van der Waals surface area contributed by atoms with Gasteiger partial charge in [-0.3, -0.25) is 10.2 Å². The molecule has 0 radical (unpaired) electrons. The lowest BCUT2D eigenvalue weighted by molar-refractivity contribution is 0.0938. The molecule has 0 unspecified atom stereocenters. The van der Waals surface area contributed by atoms with Crippen molar-refractivity contribution in [2.45, 2.75) is 0 Å². The molecule has 2 rings (SSSR count). The third-order valence-corrected chi connectivity index (χ3v) is 3.15. The summed E-state index contributed by atoms with van der Waals surface area (Å²) >= 11 is 11.6. The second-order valence-electron chi connectivity index (χ2n) is 4.14. The van der Waals surface area contributed by atoms with E-state index in [2.05, 4.69) is 16.2 Å². The van der Waals surface area contributed by atoms with Crippen molar-refractivity contribution >= 4 is 40.8 Å². The number of hydrogen-bond acceptors (Lipinski definition) is 2. The summed E-state index contributed by atoms with van der Waals surface area (Å²) in [6, 6.07) is 9.15. The Kier molecular flexibility index (Phi) is 5.19. The van der Waals surface area contributed by atoms with E-state index in [1.54, 1.807) is 6.07 Å². The van der Waals surface area contributed by atoms with Crippen LogP contribution in [0.3, 0.4) is 0 Å². The molecule has 0 aliphatic carbocycles. The van der Waals surface area contributed by atoms with Gasteiger partial charge in [0.2, 0.25) is 0 Å². The number of anilines is 1. The van der Waals surface area contributed by atoms with Crippen molar-refractivity contribution in [2.24, 2.45) is 0 Å². The number of amides is 3. The molecular formula is C14H10Cl2FN3O2. The van der Waals surface area contributed by atoms with Gasteiger partial charge in [-0.15, -0.1) is 0 Å². The van der Waals surface area contributed by atoms with Gasteiger partial charge in [0.1, 0.15) is 5.82 Å². The van der Waals surface area contributed by atoms with Crippen LogP contribution in [0.4, 0.5) is 14.9 Å². The summed E-state index contributed by atoms with van der Waals surface area (Å²) in [7, 11) is 0. The summed E-state index contributed by atoms with van der Waals surface area (Å²) in [4.78, 5) is 23.5. The first kappa shape index (κ1) is 16.1. The maximum atomic E-state index is 13.3. The predicted molar refractivity (Wildman–Crippen MR) is 82.5 cm³/mol. The van der Waals surface area contributed by atoms with Crippen LogP contribution in [0.15, 0.2) is 42.5 Å². The highest BCUT2D eigenvalue weighted by Crippen LogP contribution is 2.20. The van der Waals surface area contributed by atoms with E-state index in [-0.39, 0.29) is 16.3 Å². The molecule has 0 saturated heterocycles. The Labute approximate surface area is 135 Å². The fourth-order valence-electron chi connectivity index (χ4n) is 1.57. The molecule has 0 bridgehead atoms. The standard InChI is InChI=1S/C14H10Cl2FN3O2/c15-8-5-6-10(16)9(7-8)13(21)19-20-14(22)18-12-4-2-1-3-11(12)17/h1-7H,(H,19,21)(H2,18,20,22). The molecule has 114 valence electrons. The van der Waals surface area contributed by atoms with Crippen LogP contribution in [0, 0.1) is 5.82 Å². The molecule has 0 fully saturated rings. The average Bonchev–Trinajstić information content (AvgIpc) is 2.49. The maximum absolute atomic E-state index is 13.3. The number of benzene rings is 2. The van der Waals surface area contributed by atoms with Crippen molar-refractivity contribution < 1.29 is 14.0 Å². The highest BCUT2D eigenvalue weighted by atomic mass is 35.5. The molecule has 0 atom stereocenters. The van der Waals surface area contributed by atoms with E-state index in [4.69, 9.17) is 23.2 Å². The van der Waals surface area contributed by atoms with Crippen molar-refractivity contribution in [3.8, 4) is 0 Å². The number of urea groups is 1. The quantitative estimate of drug-likeness (QED) is 0.730. The largest absolute Gasteiger partial charge is 0.338 e. The molecule has 2 aromatic carbocycles. The minimum atomic E-state index is -0.809. The zero-order chi connectivity index (χ0) is 16.1. The van der Waals surface area contributed by atoms with E-state index < -0.39 is 17.8 Å². The van der Waals surface area contributed by atoms with Crippen molar-refractivity contribution in [1.29, 1.82) is 0 Å². The number of carbonyl (C=O) groups excluding carboxylic acids is 2. The highest BCUT2D eigenvalue weighted by Gasteiger charge is 2.12. The van der Waals surface area contributed by atoms with E-state index in [0.717, 1.165) is 0 Å². The maximum Gasteiger partial charge on any atom is 0.338 e. The molecule has 0 aliphatic heterocycles. The Hall–Kier alpha value is -2.31. The van der Waals surface area contributed by atoms with Gasteiger partial charge in [0.05, 0.1) is 16.3 Å². The number of hydrogen-bond donors (Lipinski definition) is 3. The molecule has 0 spiro atoms. The van der Waals surface area contributed by atoms with Crippen molar-refractivity contribution in [3.63, 3.8) is 0 Å². The van der Waals surface area contributed by atoms with E-state index >= 15 is 0 Å². The predicted octanol–water partition coefficient (Wildman–Crippen LogP) is 3.60. The molecule has 3 amide bonds. The van der Waals surface area contributed by atoms with Crippen LogP contribution in [0.1, 0.15) is 10.4 Å². The van der Waals surface area contributed by atoms with Gasteiger partial charge in [-0.05, 0) is 30.3 Å².